The highest BCUT2D eigenvalue weighted by atomic mass is 32.2. The molecule has 2 fully saturated rings. The van der Waals surface area contributed by atoms with E-state index < -0.39 is 10.0 Å². The minimum atomic E-state index is -3.54. The largest absolute Gasteiger partial charge is 0.322 e. The van der Waals surface area contributed by atoms with Crippen LogP contribution in [0.15, 0.2) is 47.4 Å². The number of anilines is 1. The Kier molecular flexibility index (Phi) is 6.77. The van der Waals surface area contributed by atoms with Gasteiger partial charge in [0, 0.05) is 35.8 Å². The van der Waals surface area contributed by atoms with Crippen LogP contribution in [-0.2, 0) is 10.0 Å². The zero-order valence-electron chi connectivity index (χ0n) is 17.0. The number of aryl methyl sites for hydroxylation is 1. The van der Waals surface area contributed by atoms with E-state index in [1.165, 1.54) is 5.56 Å². The molecule has 1 amide bonds. The Labute approximate surface area is 187 Å². The van der Waals surface area contributed by atoms with Crippen LogP contribution in [0.25, 0.3) is 0 Å². The molecule has 4 rings (SSSR count). The van der Waals surface area contributed by atoms with Crippen LogP contribution in [0.1, 0.15) is 45.3 Å². The molecule has 2 saturated heterocycles. The first kappa shape index (κ1) is 21.7. The summed E-state index contributed by atoms with van der Waals surface area (Å²) >= 11 is 3.86. The highest BCUT2D eigenvalue weighted by Gasteiger charge is 2.26. The van der Waals surface area contributed by atoms with E-state index in [2.05, 4.69) is 5.32 Å². The summed E-state index contributed by atoms with van der Waals surface area (Å²) in [5.41, 5.74) is 3.15. The molecule has 0 aliphatic carbocycles. The molecular formula is C22H26N2O3S3. The Balaban J connectivity index is 1.51. The van der Waals surface area contributed by atoms with Gasteiger partial charge in [0.15, 0.2) is 0 Å². The molecule has 2 heterocycles. The lowest BCUT2D eigenvalue weighted by molar-refractivity contribution is 0.102. The predicted molar refractivity (Wildman–Crippen MR) is 126 cm³/mol. The topological polar surface area (TPSA) is 66.5 Å². The van der Waals surface area contributed by atoms with Gasteiger partial charge in [-0.15, -0.1) is 23.5 Å². The van der Waals surface area contributed by atoms with Crippen LogP contribution in [0.5, 0.6) is 0 Å². The van der Waals surface area contributed by atoms with E-state index in [1.807, 2.05) is 54.7 Å². The lowest BCUT2D eigenvalue weighted by Gasteiger charge is -2.26. The van der Waals surface area contributed by atoms with Gasteiger partial charge < -0.3 is 5.32 Å². The summed E-state index contributed by atoms with van der Waals surface area (Å²) in [6.45, 7) is 2.98. The number of piperidine rings is 1. The van der Waals surface area contributed by atoms with Crippen LogP contribution in [0.2, 0.25) is 0 Å². The van der Waals surface area contributed by atoms with Crippen molar-refractivity contribution in [2.24, 2.45) is 0 Å². The lowest BCUT2D eigenvalue weighted by atomic mass is 10.1. The molecule has 0 spiro atoms. The first-order chi connectivity index (χ1) is 14.4. The fourth-order valence-corrected chi connectivity index (χ4v) is 8.09. The molecule has 0 unspecified atom stereocenters. The van der Waals surface area contributed by atoms with E-state index in [0.29, 0.717) is 28.9 Å². The van der Waals surface area contributed by atoms with Crippen LogP contribution in [0.3, 0.4) is 0 Å². The molecular weight excluding hydrogens is 436 g/mol. The van der Waals surface area contributed by atoms with E-state index in [-0.39, 0.29) is 10.8 Å². The summed E-state index contributed by atoms with van der Waals surface area (Å²) in [6.07, 6.45) is 2.85. The summed E-state index contributed by atoms with van der Waals surface area (Å²) in [5, 5.41) is 2.90. The van der Waals surface area contributed by atoms with Gasteiger partial charge in [0.25, 0.3) is 5.91 Å². The summed E-state index contributed by atoms with van der Waals surface area (Å²) < 4.78 is 27.9. The summed E-state index contributed by atoms with van der Waals surface area (Å²) in [4.78, 5) is 13.0. The fourth-order valence-electron chi connectivity index (χ4n) is 3.69. The smallest absolute Gasteiger partial charge is 0.255 e. The second-order valence-corrected chi connectivity index (χ2v) is 12.3. The van der Waals surface area contributed by atoms with Crippen molar-refractivity contribution >= 4 is 45.1 Å². The molecule has 2 aromatic carbocycles. The maximum atomic E-state index is 13.0. The van der Waals surface area contributed by atoms with E-state index in [0.717, 1.165) is 36.3 Å². The van der Waals surface area contributed by atoms with Gasteiger partial charge >= 0.3 is 0 Å². The number of rotatable bonds is 5. The van der Waals surface area contributed by atoms with E-state index in [9.17, 15) is 13.2 Å². The van der Waals surface area contributed by atoms with Gasteiger partial charge in [-0.1, -0.05) is 24.6 Å². The number of amides is 1. The first-order valence-electron chi connectivity index (χ1n) is 10.2. The Hall–Kier alpha value is -1.48. The number of sulfonamides is 1. The minimum Gasteiger partial charge on any atom is -0.322 e. The second-order valence-electron chi connectivity index (χ2n) is 7.59. The number of carbonyl (C=O) groups excluding carboxylic acids is 1. The highest BCUT2D eigenvalue weighted by molar-refractivity contribution is 8.19. The van der Waals surface area contributed by atoms with Crippen LogP contribution >= 0.6 is 23.5 Å². The second kappa shape index (κ2) is 9.34. The minimum absolute atomic E-state index is 0.232. The van der Waals surface area contributed by atoms with Crippen molar-refractivity contribution in [2.45, 2.75) is 35.7 Å². The van der Waals surface area contributed by atoms with Gasteiger partial charge in [0.1, 0.15) is 0 Å². The number of nitrogens with one attached hydrogen (secondary N) is 1. The molecule has 0 atom stereocenters. The maximum Gasteiger partial charge on any atom is 0.255 e. The Morgan fingerprint density at radius 3 is 2.33 bits per heavy atom. The van der Waals surface area contributed by atoms with Crippen molar-refractivity contribution < 1.29 is 13.2 Å². The van der Waals surface area contributed by atoms with Gasteiger partial charge in [-0.05, 0) is 55.2 Å². The molecule has 2 aliphatic rings. The Bertz CT molecular complexity index is 1010. The number of hydrogen-bond acceptors (Lipinski definition) is 5. The zero-order chi connectivity index (χ0) is 21.1. The van der Waals surface area contributed by atoms with E-state index >= 15 is 0 Å². The number of thioether (sulfide) groups is 2. The molecule has 5 nitrogen and oxygen atoms in total. The standard InChI is InChI=1S/C22H26N2O3S3/c1-16-5-10-19(30(26,27)24-11-3-2-4-12-24)15-20(16)23-21(25)17-6-8-18(9-7-17)22-28-13-14-29-22/h5-10,15,22H,2-4,11-14H2,1H3,(H,23,25). The summed E-state index contributed by atoms with van der Waals surface area (Å²) in [5.74, 6) is 2.09. The zero-order valence-corrected chi connectivity index (χ0v) is 19.4. The average molecular weight is 463 g/mol. The molecule has 0 radical (unpaired) electrons. The van der Waals surface area contributed by atoms with Crippen LogP contribution in [-0.4, -0.2) is 43.2 Å². The summed E-state index contributed by atoms with van der Waals surface area (Å²) in [6, 6.07) is 12.7. The summed E-state index contributed by atoms with van der Waals surface area (Å²) in [7, 11) is -3.54. The molecule has 2 aliphatic heterocycles. The van der Waals surface area contributed by atoms with Crippen LogP contribution < -0.4 is 5.32 Å². The SMILES string of the molecule is Cc1ccc(S(=O)(=O)N2CCCCC2)cc1NC(=O)c1ccc(C2SCCS2)cc1. The molecule has 160 valence electrons. The Morgan fingerprint density at radius 1 is 1.00 bits per heavy atom. The van der Waals surface area contributed by atoms with Crippen molar-refractivity contribution in [3.63, 3.8) is 0 Å². The van der Waals surface area contributed by atoms with Gasteiger partial charge in [-0.2, -0.15) is 4.31 Å². The monoisotopic (exact) mass is 462 g/mol. The maximum absolute atomic E-state index is 13.0. The molecule has 8 heteroatoms. The Morgan fingerprint density at radius 2 is 1.67 bits per heavy atom. The molecule has 1 N–H and O–H groups in total. The van der Waals surface area contributed by atoms with Crippen LogP contribution in [0.4, 0.5) is 5.69 Å². The number of hydrogen-bond donors (Lipinski definition) is 1. The van der Waals surface area contributed by atoms with Gasteiger partial charge in [-0.25, -0.2) is 8.42 Å². The third kappa shape index (κ3) is 4.72. The number of nitrogens with zero attached hydrogens (tertiary/aromatic N) is 1. The fraction of sp³-hybridized carbons (Fsp3) is 0.409. The van der Waals surface area contributed by atoms with Gasteiger partial charge in [0.05, 0.1) is 9.48 Å². The molecule has 0 aromatic heterocycles. The van der Waals surface area contributed by atoms with Crippen molar-refractivity contribution in [1.82, 2.24) is 4.31 Å². The first-order valence-corrected chi connectivity index (χ1v) is 13.7. The third-order valence-corrected chi connectivity index (χ3v) is 10.5. The molecule has 2 aromatic rings. The van der Waals surface area contributed by atoms with E-state index in [4.69, 9.17) is 0 Å². The van der Waals surface area contributed by atoms with Gasteiger partial charge in [0.2, 0.25) is 10.0 Å². The molecule has 0 saturated carbocycles. The van der Waals surface area contributed by atoms with Crippen molar-refractivity contribution in [3.8, 4) is 0 Å². The van der Waals surface area contributed by atoms with Crippen molar-refractivity contribution in [2.75, 3.05) is 29.9 Å². The third-order valence-electron chi connectivity index (χ3n) is 5.48. The van der Waals surface area contributed by atoms with Crippen LogP contribution in [0, 0.1) is 6.92 Å². The van der Waals surface area contributed by atoms with Crippen molar-refractivity contribution in [1.29, 1.82) is 0 Å². The normalized spacial score (nSPS) is 18.4. The highest BCUT2D eigenvalue weighted by Crippen LogP contribution is 2.45. The quantitative estimate of drug-likeness (QED) is 0.685. The lowest BCUT2D eigenvalue weighted by Crippen LogP contribution is -2.35. The molecule has 30 heavy (non-hydrogen) atoms. The predicted octanol–water partition coefficient (Wildman–Crippen LogP) is 4.90. The van der Waals surface area contributed by atoms with Gasteiger partial charge in [-0.3, -0.25) is 4.79 Å². The average Bonchev–Trinajstić information content (AvgIpc) is 3.31. The van der Waals surface area contributed by atoms with Crippen molar-refractivity contribution in [3.05, 3.63) is 59.2 Å². The number of carbonyl (C=O) groups is 1. The molecule has 0 bridgehead atoms. The van der Waals surface area contributed by atoms with E-state index in [1.54, 1.807) is 22.5 Å². The number of benzene rings is 2.